The Balaban J connectivity index is 1.91. The van der Waals surface area contributed by atoms with Crippen molar-refractivity contribution >= 4 is 5.96 Å². The van der Waals surface area contributed by atoms with Crippen LogP contribution >= 0.6 is 0 Å². The van der Waals surface area contributed by atoms with Crippen LogP contribution in [0.5, 0.6) is 11.5 Å². The van der Waals surface area contributed by atoms with E-state index in [0.29, 0.717) is 12.5 Å². The van der Waals surface area contributed by atoms with Gasteiger partial charge in [0, 0.05) is 31.3 Å². The Morgan fingerprint density at radius 1 is 1.19 bits per heavy atom. The summed E-state index contributed by atoms with van der Waals surface area (Å²) in [7, 11) is 3.33. The lowest BCUT2D eigenvalue weighted by atomic mass is 10.1. The number of benzene rings is 1. The first kappa shape index (κ1) is 20.4. The number of guanidine groups is 1. The fourth-order valence-electron chi connectivity index (χ4n) is 3.23. The summed E-state index contributed by atoms with van der Waals surface area (Å²) < 4.78 is 10.7. The maximum atomic E-state index is 5.46. The second-order valence-corrected chi connectivity index (χ2v) is 6.87. The molecule has 146 valence electrons. The van der Waals surface area contributed by atoms with Crippen molar-refractivity contribution in [2.75, 3.05) is 46.9 Å². The third-order valence-corrected chi connectivity index (χ3v) is 4.63. The number of hydrogen-bond acceptors (Lipinski definition) is 4. The van der Waals surface area contributed by atoms with Crippen molar-refractivity contribution in [2.45, 2.75) is 33.2 Å². The number of methoxy groups -OCH3 is 2. The first-order chi connectivity index (χ1) is 12.7. The van der Waals surface area contributed by atoms with Gasteiger partial charge in [0.15, 0.2) is 5.96 Å². The average Bonchev–Trinajstić information content (AvgIpc) is 3.16. The lowest BCUT2D eigenvalue weighted by Gasteiger charge is -2.21. The molecule has 1 heterocycles. The van der Waals surface area contributed by atoms with Gasteiger partial charge in [0.1, 0.15) is 11.5 Å². The van der Waals surface area contributed by atoms with Crippen LogP contribution in [0.15, 0.2) is 23.2 Å². The van der Waals surface area contributed by atoms with Gasteiger partial charge in [0.2, 0.25) is 0 Å². The summed E-state index contributed by atoms with van der Waals surface area (Å²) in [6.07, 6.45) is 2.68. The molecule has 1 fully saturated rings. The van der Waals surface area contributed by atoms with Crippen LogP contribution < -0.4 is 20.1 Å². The fourth-order valence-corrected chi connectivity index (χ4v) is 3.23. The van der Waals surface area contributed by atoms with E-state index >= 15 is 0 Å². The van der Waals surface area contributed by atoms with Crippen LogP contribution in [0.4, 0.5) is 0 Å². The Labute approximate surface area is 158 Å². The summed E-state index contributed by atoms with van der Waals surface area (Å²) in [5.41, 5.74) is 1.04. The summed E-state index contributed by atoms with van der Waals surface area (Å²) in [5.74, 6) is 3.02. The normalized spacial score (nSPS) is 16.4. The van der Waals surface area contributed by atoms with Gasteiger partial charge in [-0.25, -0.2) is 4.99 Å². The average molecular weight is 363 g/mol. The fraction of sp³-hybridized carbons (Fsp3) is 0.650. The quantitative estimate of drug-likeness (QED) is 0.522. The molecule has 0 amide bonds. The largest absolute Gasteiger partial charge is 0.497 e. The van der Waals surface area contributed by atoms with E-state index in [1.165, 1.54) is 25.9 Å². The van der Waals surface area contributed by atoms with Gasteiger partial charge in [-0.15, -0.1) is 0 Å². The molecular formula is C20H34N4O2. The minimum atomic E-state index is 0.559. The molecule has 2 N–H and O–H groups in total. The van der Waals surface area contributed by atoms with Gasteiger partial charge < -0.3 is 25.0 Å². The molecule has 1 aromatic rings. The van der Waals surface area contributed by atoms with Crippen molar-refractivity contribution in [2.24, 2.45) is 10.9 Å². The first-order valence-corrected chi connectivity index (χ1v) is 9.61. The van der Waals surface area contributed by atoms with Crippen molar-refractivity contribution in [1.29, 1.82) is 0 Å². The summed E-state index contributed by atoms with van der Waals surface area (Å²) >= 11 is 0. The molecule has 1 aromatic carbocycles. The highest BCUT2D eigenvalue weighted by atomic mass is 16.5. The van der Waals surface area contributed by atoms with Crippen LogP contribution in [0.1, 0.15) is 32.3 Å². The molecule has 0 aromatic heterocycles. The number of nitrogens with zero attached hydrogens (tertiary/aromatic N) is 2. The Morgan fingerprint density at radius 2 is 1.96 bits per heavy atom. The lowest BCUT2D eigenvalue weighted by Crippen LogP contribution is -2.41. The lowest BCUT2D eigenvalue weighted by molar-refractivity contribution is 0.287. The van der Waals surface area contributed by atoms with Crippen molar-refractivity contribution in [3.05, 3.63) is 23.8 Å². The third kappa shape index (κ3) is 6.41. The molecule has 6 nitrogen and oxygen atoms in total. The Bertz CT molecular complexity index is 571. The van der Waals surface area contributed by atoms with Gasteiger partial charge in [0.25, 0.3) is 0 Å². The van der Waals surface area contributed by atoms with Gasteiger partial charge in [-0.2, -0.15) is 0 Å². The third-order valence-electron chi connectivity index (χ3n) is 4.63. The first-order valence-electron chi connectivity index (χ1n) is 9.61. The zero-order chi connectivity index (χ0) is 18.8. The van der Waals surface area contributed by atoms with Gasteiger partial charge in [0.05, 0.1) is 20.8 Å². The topological polar surface area (TPSA) is 58.1 Å². The molecule has 1 atom stereocenters. The maximum absolute atomic E-state index is 5.46. The molecule has 26 heavy (non-hydrogen) atoms. The predicted molar refractivity (Wildman–Crippen MR) is 107 cm³/mol. The SMILES string of the molecule is CCNC(=NCc1ccc(OC)cc1OC)NCC(C)CN1CCCC1. The molecule has 0 saturated carbocycles. The van der Waals surface area contributed by atoms with Gasteiger partial charge >= 0.3 is 0 Å². The second-order valence-electron chi connectivity index (χ2n) is 6.87. The summed E-state index contributed by atoms with van der Waals surface area (Å²) in [4.78, 5) is 7.27. The Morgan fingerprint density at radius 3 is 2.62 bits per heavy atom. The van der Waals surface area contributed by atoms with E-state index in [-0.39, 0.29) is 0 Å². The van der Waals surface area contributed by atoms with Crippen molar-refractivity contribution < 1.29 is 9.47 Å². The summed E-state index contributed by atoms with van der Waals surface area (Å²) in [6.45, 7) is 10.3. The summed E-state index contributed by atoms with van der Waals surface area (Å²) in [5, 5.41) is 6.79. The molecule has 1 saturated heterocycles. The smallest absolute Gasteiger partial charge is 0.191 e. The molecule has 0 aliphatic carbocycles. The van der Waals surface area contributed by atoms with Crippen molar-refractivity contribution in [1.82, 2.24) is 15.5 Å². The van der Waals surface area contributed by atoms with Crippen LogP contribution in [0.2, 0.25) is 0 Å². The number of nitrogens with one attached hydrogen (secondary N) is 2. The van der Waals surface area contributed by atoms with Crippen LogP contribution in [-0.4, -0.2) is 57.8 Å². The van der Waals surface area contributed by atoms with Crippen molar-refractivity contribution in [3.8, 4) is 11.5 Å². The molecule has 1 unspecified atom stereocenters. The van der Waals surface area contributed by atoms with E-state index in [0.717, 1.165) is 42.7 Å². The molecule has 6 heteroatoms. The second kappa shape index (κ2) is 10.9. The number of ether oxygens (including phenoxy) is 2. The van der Waals surface area contributed by atoms with E-state index in [9.17, 15) is 0 Å². The highest BCUT2D eigenvalue weighted by Crippen LogP contribution is 2.25. The number of hydrogen-bond donors (Lipinski definition) is 2. The molecule has 0 bridgehead atoms. The molecule has 2 rings (SSSR count). The van der Waals surface area contributed by atoms with Gasteiger partial charge in [-0.1, -0.05) is 6.92 Å². The van der Waals surface area contributed by atoms with E-state index in [1.54, 1.807) is 14.2 Å². The standard InChI is InChI=1S/C20H34N4O2/c1-5-21-20(22-13-16(2)15-24-10-6-7-11-24)23-14-17-8-9-18(25-3)12-19(17)26-4/h8-9,12,16H,5-7,10-11,13-15H2,1-4H3,(H2,21,22,23). The van der Waals surface area contributed by atoms with E-state index in [4.69, 9.17) is 14.5 Å². The van der Waals surface area contributed by atoms with Gasteiger partial charge in [-0.3, -0.25) is 0 Å². The zero-order valence-electron chi connectivity index (χ0n) is 16.7. The van der Waals surface area contributed by atoms with E-state index in [1.807, 2.05) is 18.2 Å². The van der Waals surface area contributed by atoms with Crippen LogP contribution in [0, 0.1) is 5.92 Å². The van der Waals surface area contributed by atoms with Crippen molar-refractivity contribution in [3.63, 3.8) is 0 Å². The highest BCUT2D eigenvalue weighted by Gasteiger charge is 2.14. The highest BCUT2D eigenvalue weighted by molar-refractivity contribution is 5.79. The number of likely N-dealkylation sites (tertiary alicyclic amines) is 1. The molecular weight excluding hydrogens is 328 g/mol. The molecule has 0 radical (unpaired) electrons. The van der Waals surface area contributed by atoms with E-state index in [2.05, 4.69) is 29.4 Å². The van der Waals surface area contributed by atoms with Crippen LogP contribution in [-0.2, 0) is 6.54 Å². The molecule has 1 aliphatic rings. The van der Waals surface area contributed by atoms with Crippen LogP contribution in [0.3, 0.4) is 0 Å². The minimum Gasteiger partial charge on any atom is -0.497 e. The van der Waals surface area contributed by atoms with E-state index < -0.39 is 0 Å². The molecule has 0 spiro atoms. The monoisotopic (exact) mass is 362 g/mol. The Hall–Kier alpha value is -1.95. The zero-order valence-corrected chi connectivity index (χ0v) is 16.7. The van der Waals surface area contributed by atoms with Gasteiger partial charge in [-0.05, 0) is 50.9 Å². The minimum absolute atomic E-state index is 0.559. The Kier molecular flexibility index (Phi) is 8.54. The summed E-state index contributed by atoms with van der Waals surface area (Å²) in [6, 6.07) is 5.83. The number of rotatable bonds is 9. The molecule has 1 aliphatic heterocycles. The maximum Gasteiger partial charge on any atom is 0.191 e. The van der Waals surface area contributed by atoms with Crippen LogP contribution in [0.25, 0.3) is 0 Å². The number of aliphatic imine (C=N–C) groups is 1. The predicted octanol–water partition coefficient (Wildman–Crippen LogP) is 2.49.